The van der Waals surface area contributed by atoms with E-state index in [-0.39, 0.29) is 23.9 Å². The second-order valence-electron chi connectivity index (χ2n) is 8.00. The number of benzene rings is 2. The predicted molar refractivity (Wildman–Crippen MR) is 138 cm³/mol. The molecule has 36 heavy (non-hydrogen) atoms. The van der Waals surface area contributed by atoms with E-state index in [2.05, 4.69) is 5.32 Å². The van der Waals surface area contributed by atoms with Crippen LogP contribution in [0, 0.1) is 0 Å². The molecule has 2 aromatic carbocycles. The quantitative estimate of drug-likeness (QED) is 0.431. The Labute approximate surface area is 213 Å². The minimum absolute atomic E-state index is 0.0819. The minimum Gasteiger partial charge on any atom is -0.497 e. The summed E-state index contributed by atoms with van der Waals surface area (Å²) >= 11 is 0. The molecule has 1 atom stereocenters. The molecular formula is C25H35N3O7S. The summed E-state index contributed by atoms with van der Waals surface area (Å²) in [5, 5.41) is 2.76. The number of hydrogen-bond acceptors (Lipinski definition) is 7. The summed E-state index contributed by atoms with van der Waals surface area (Å²) in [6.07, 6.45) is 1.34. The van der Waals surface area contributed by atoms with Crippen molar-refractivity contribution in [3.8, 4) is 17.2 Å². The molecule has 0 aliphatic carbocycles. The van der Waals surface area contributed by atoms with Crippen LogP contribution in [-0.2, 0) is 26.2 Å². The van der Waals surface area contributed by atoms with Crippen molar-refractivity contribution in [3.05, 3.63) is 48.0 Å². The summed E-state index contributed by atoms with van der Waals surface area (Å²) < 4.78 is 42.5. The lowest BCUT2D eigenvalue weighted by molar-refractivity contribution is -0.140. The van der Waals surface area contributed by atoms with Crippen LogP contribution in [-0.4, -0.2) is 71.8 Å². The van der Waals surface area contributed by atoms with Gasteiger partial charge in [0.15, 0.2) is 0 Å². The summed E-state index contributed by atoms with van der Waals surface area (Å²) in [6.45, 7) is 3.53. The van der Waals surface area contributed by atoms with E-state index in [4.69, 9.17) is 14.2 Å². The second-order valence-corrected chi connectivity index (χ2v) is 9.91. The monoisotopic (exact) mass is 521 g/mol. The normalized spacial score (nSPS) is 11.8. The standard InChI is InChI=1S/C25H35N3O7S/c1-7-21(25(30)26-8-2)27(16-18-10-9-11-19(14-18)33-3)24(29)17-28(36(6,31)32)22-15-20(34-4)12-13-23(22)35-5/h9-15,21H,7-8,16-17H2,1-6H3,(H,26,30)/t21-/m1/s1. The highest BCUT2D eigenvalue weighted by atomic mass is 32.2. The van der Waals surface area contributed by atoms with Crippen LogP contribution in [0.2, 0.25) is 0 Å². The molecule has 0 bridgehead atoms. The van der Waals surface area contributed by atoms with E-state index in [9.17, 15) is 18.0 Å². The molecule has 1 N–H and O–H groups in total. The summed E-state index contributed by atoms with van der Waals surface area (Å²) in [5.41, 5.74) is 0.885. The molecular weight excluding hydrogens is 486 g/mol. The van der Waals surface area contributed by atoms with Crippen LogP contribution in [0.5, 0.6) is 17.2 Å². The van der Waals surface area contributed by atoms with E-state index in [0.29, 0.717) is 24.5 Å². The Hall–Kier alpha value is -3.47. The largest absolute Gasteiger partial charge is 0.497 e. The third kappa shape index (κ3) is 7.27. The van der Waals surface area contributed by atoms with Crippen LogP contribution in [0.4, 0.5) is 5.69 Å². The van der Waals surface area contributed by atoms with Crippen molar-refractivity contribution in [1.82, 2.24) is 10.2 Å². The lowest BCUT2D eigenvalue weighted by Crippen LogP contribution is -2.52. The average Bonchev–Trinajstić information content (AvgIpc) is 2.86. The minimum atomic E-state index is -3.92. The van der Waals surface area contributed by atoms with Gasteiger partial charge in [0.05, 0.1) is 33.3 Å². The van der Waals surface area contributed by atoms with Crippen molar-refractivity contribution in [2.24, 2.45) is 0 Å². The highest BCUT2D eigenvalue weighted by Crippen LogP contribution is 2.34. The molecule has 0 saturated heterocycles. The molecule has 198 valence electrons. The summed E-state index contributed by atoms with van der Waals surface area (Å²) in [6, 6.07) is 11.0. The van der Waals surface area contributed by atoms with Gasteiger partial charge in [0, 0.05) is 19.2 Å². The third-order valence-corrected chi connectivity index (χ3v) is 6.68. The summed E-state index contributed by atoms with van der Waals surface area (Å²) in [5.74, 6) is 0.384. The van der Waals surface area contributed by atoms with Crippen LogP contribution < -0.4 is 23.8 Å². The van der Waals surface area contributed by atoms with Crippen LogP contribution in [0.3, 0.4) is 0 Å². The highest BCUT2D eigenvalue weighted by molar-refractivity contribution is 7.92. The number of nitrogens with zero attached hydrogens (tertiary/aromatic N) is 2. The Morgan fingerprint density at radius 2 is 1.64 bits per heavy atom. The van der Waals surface area contributed by atoms with Crippen LogP contribution in [0.25, 0.3) is 0 Å². The van der Waals surface area contributed by atoms with Crippen molar-refractivity contribution in [2.75, 3.05) is 45.0 Å². The highest BCUT2D eigenvalue weighted by Gasteiger charge is 2.32. The zero-order valence-electron chi connectivity index (χ0n) is 21.6. The van der Waals surface area contributed by atoms with Crippen molar-refractivity contribution in [3.63, 3.8) is 0 Å². The molecule has 0 aliphatic heterocycles. The molecule has 0 unspecified atom stereocenters. The Balaban J connectivity index is 2.53. The topological polar surface area (TPSA) is 114 Å². The van der Waals surface area contributed by atoms with Gasteiger partial charge in [-0.25, -0.2) is 8.42 Å². The third-order valence-electron chi connectivity index (χ3n) is 5.56. The first-order valence-corrected chi connectivity index (χ1v) is 13.3. The molecule has 0 saturated carbocycles. The smallest absolute Gasteiger partial charge is 0.244 e. The molecule has 10 nitrogen and oxygen atoms in total. The first-order valence-electron chi connectivity index (χ1n) is 11.5. The Morgan fingerprint density at radius 3 is 2.19 bits per heavy atom. The first-order chi connectivity index (χ1) is 17.1. The van der Waals surface area contributed by atoms with E-state index in [1.807, 2.05) is 6.07 Å². The maximum absolute atomic E-state index is 13.7. The van der Waals surface area contributed by atoms with Crippen LogP contribution in [0.1, 0.15) is 25.8 Å². The molecule has 0 aliphatic rings. The van der Waals surface area contributed by atoms with E-state index >= 15 is 0 Å². The van der Waals surface area contributed by atoms with Crippen molar-refractivity contribution < 1.29 is 32.2 Å². The number of methoxy groups -OCH3 is 3. The number of carbonyl (C=O) groups excluding carboxylic acids is 2. The molecule has 0 fully saturated rings. The molecule has 0 radical (unpaired) electrons. The average molecular weight is 522 g/mol. The number of sulfonamides is 1. The van der Waals surface area contributed by atoms with E-state index in [1.165, 1.54) is 32.3 Å². The van der Waals surface area contributed by atoms with E-state index in [1.54, 1.807) is 44.2 Å². The van der Waals surface area contributed by atoms with Crippen LogP contribution >= 0.6 is 0 Å². The van der Waals surface area contributed by atoms with Gasteiger partial charge in [-0.3, -0.25) is 13.9 Å². The fourth-order valence-corrected chi connectivity index (χ4v) is 4.61. The summed E-state index contributed by atoms with van der Waals surface area (Å²) in [7, 11) is 0.480. The van der Waals surface area contributed by atoms with Gasteiger partial charge < -0.3 is 24.4 Å². The molecule has 0 spiro atoms. The lowest BCUT2D eigenvalue weighted by Gasteiger charge is -2.33. The Kier molecular flexibility index (Phi) is 10.4. The number of ether oxygens (including phenoxy) is 3. The Bertz CT molecular complexity index is 1150. The number of hydrogen-bond donors (Lipinski definition) is 1. The molecule has 2 amide bonds. The van der Waals surface area contributed by atoms with Gasteiger partial charge in [0.1, 0.15) is 29.8 Å². The predicted octanol–water partition coefficient (Wildman–Crippen LogP) is 2.42. The van der Waals surface area contributed by atoms with Crippen molar-refractivity contribution in [1.29, 1.82) is 0 Å². The second kappa shape index (κ2) is 13.0. The molecule has 2 rings (SSSR count). The van der Waals surface area contributed by atoms with Crippen LogP contribution in [0.15, 0.2) is 42.5 Å². The van der Waals surface area contributed by atoms with E-state index in [0.717, 1.165) is 16.1 Å². The molecule has 11 heteroatoms. The summed E-state index contributed by atoms with van der Waals surface area (Å²) in [4.78, 5) is 28.0. The van der Waals surface area contributed by atoms with Crippen molar-refractivity contribution >= 4 is 27.5 Å². The first kappa shape index (κ1) is 28.8. The van der Waals surface area contributed by atoms with E-state index < -0.39 is 28.5 Å². The van der Waals surface area contributed by atoms with Crippen molar-refractivity contribution in [2.45, 2.75) is 32.9 Å². The Morgan fingerprint density at radius 1 is 0.972 bits per heavy atom. The fraction of sp³-hybridized carbons (Fsp3) is 0.440. The number of likely N-dealkylation sites (N-methyl/N-ethyl adjacent to an activating group) is 1. The number of nitrogens with one attached hydrogen (secondary N) is 1. The van der Waals surface area contributed by atoms with Gasteiger partial charge in [-0.15, -0.1) is 0 Å². The van der Waals surface area contributed by atoms with Gasteiger partial charge in [-0.1, -0.05) is 19.1 Å². The zero-order chi connectivity index (χ0) is 26.9. The van der Waals surface area contributed by atoms with Gasteiger partial charge in [0.2, 0.25) is 21.8 Å². The molecule has 2 aromatic rings. The maximum atomic E-state index is 13.7. The fourth-order valence-electron chi connectivity index (χ4n) is 3.77. The van der Waals surface area contributed by atoms with Gasteiger partial charge >= 0.3 is 0 Å². The lowest BCUT2D eigenvalue weighted by atomic mass is 10.1. The number of rotatable bonds is 13. The SMILES string of the molecule is CCNC(=O)[C@@H](CC)N(Cc1cccc(OC)c1)C(=O)CN(c1cc(OC)ccc1OC)S(C)(=O)=O. The molecule has 0 heterocycles. The van der Waals surface area contributed by atoms with Gasteiger partial charge in [-0.2, -0.15) is 0 Å². The number of carbonyl (C=O) groups is 2. The molecule has 0 aromatic heterocycles. The van der Waals surface area contributed by atoms with Gasteiger partial charge in [0.25, 0.3) is 0 Å². The zero-order valence-corrected chi connectivity index (χ0v) is 22.4. The number of anilines is 1. The van der Waals surface area contributed by atoms with Gasteiger partial charge in [-0.05, 0) is 43.2 Å². The number of amides is 2. The maximum Gasteiger partial charge on any atom is 0.244 e.